The topological polar surface area (TPSA) is 70.9 Å². The van der Waals surface area contributed by atoms with Gasteiger partial charge >= 0.3 is 0 Å². The van der Waals surface area contributed by atoms with Crippen molar-refractivity contribution in [3.8, 4) is 0 Å². The van der Waals surface area contributed by atoms with Gasteiger partial charge in [0.05, 0.1) is 26.2 Å². The molecule has 29 heavy (non-hydrogen) atoms. The van der Waals surface area contributed by atoms with E-state index in [1.165, 1.54) is 9.71 Å². The average Bonchev–Trinajstić information content (AvgIpc) is 2.71. The lowest BCUT2D eigenvalue weighted by atomic mass is 10.1. The van der Waals surface area contributed by atoms with Crippen LogP contribution in [0, 0.1) is 13.8 Å². The van der Waals surface area contributed by atoms with E-state index in [0.29, 0.717) is 32.7 Å². The van der Waals surface area contributed by atoms with Gasteiger partial charge < -0.3 is 10.2 Å². The van der Waals surface area contributed by atoms with Crippen LogP contribution < -0.4 is 10.2 Å². The SMILES string of the molecule is Cc1cccc(C)c1NC(=O)C[NH+]1CCN(S(=O)(=O)/C=C/c2ccccc2)CC1. The summed E-state index contributed by atoms with van der Waals surface area (Å²) in [6.07, 6.45) is 1.62. The molecule has 0 aromatic heterocycles. The van der Waals surface area contributed by atoms with E-state index in [1.807, 2.05) is 62.4 Å². The van der Waals surface area contributed by atoms with Crippen LogP contribution in [0.25, 0.3) is 6.08 Å². The number of para-hydroxylation sites is 1. The Hall–Kier alpha value is -2.48. The number of amides is 1. The van der Waals surface area contributed by atoms with Crippen molar-refractivity contribution < 1.29 is 18.1 Å². The number of aryl methyl sites for hydroxylation is 2. The van der Waals surface area contributed by atoms with Gasteiger partial charge in [-0.05, 0) is 36.6 Å². The maximum atomic E-state index is 12.6. The van der Waals surface area contributed by atoms with E-state index in [2.05, 4.69) is 5.32 Å². The second-order valence-corrected chi connectivity index (χ2v) is 9.22. The van der Waals surface area contributed by atoms with E-state index >= 15 is 0 Å². The van der Waals surface area contributed by atoms with Gasteiger partial charge in [0.2, 0.25) is 10.0 Å². The number of nitrogens with zero attached hydrogens (tertiary/aromatic N) is 1. The standard InChI is InChI=1S/C22H27N3O3S/c1-18-7-6-8-19(2)22(18)23-21(26)17-24-12-14-25(15-13-24)29(27,28)16-11-20-9-4-3-5-10-20/h3-11,16H,12-15,17H2,1-2H3,(H,23,26)/p+1/b16-11+. The van der Waals surface area contributed by atoms with Crippen LogP contribution in [0.2, 0.25) is 0 Å². The third kappa shape index (κ3) is 5.76. The van der Waals surface area contributed by atoms with Gasteiger partial charge in [-0.3, -0.25) is 4.79 Å². The first-order valence-corrected chi connectivity index (χ1v) is 11.3. The Balaban J connectivity index is 1.52. The summed E-state index contributed by atoms with van der Waals surface area (Å²) in [5, 5.41) is 4.27. The zero-order valence-electron chi connectivity index (χ0n) is 16.9. The molecule has 0 radical (unpaired) electrons. The predicted molar refractivity (Wildman–Crippen MR) is 116 cm³/mol. The van der Waals surface area contributed by atoms with Crippen molar-refractivity contribution >= 4 is 27.7 Å². The van der Waals surface area contributed by atoms with Gasteiger partial charge in [0.1, 0.15) is 0 Å². The molecule has 2 N–H and O–H groups in total. The molecule has 0 saturated carbocycles. The fraction of sp³-hybridized carbons (Fsp3) is 0.318. The number of piperazine rings is 1. The first-order chi connectivity index (χ1) is 13.8. The van der Waals surface area contributed by atoms with Crippen LogP contribution in [0.15, 0.2) is 53.9 Å². The van der Waals surface area contributed by atoms with Gasteiger partial charge in [-0.2, -0.15) is 4.31 Å². The highest BCUT2D eigenvalue weighted by Gasteiger charge is 2.28. The molecule has 0 spiro atoms. The van der Waals surface area contributed by atoms with Gasteiger partial charge in [0, 0.05) is 11.1 Å². The van der Waals surface area contributed by atoms with Crippen LogP contribution in [-0.2, 0) is 14.8 Å². The zero-order valence-corrected chi connectivity index (χ0v) is 17.7. The molecule has 1 amide bonds. The minimum absolute atomic E-state index is 0.0438. The third-order valence-corrected chi connectivity index (χ3v) is 6.74. The Morgan fingerprint density at radius 1 is 1.03 bits per heavy atom. The molecule has 1 aliphatic heterocycles. The fourth-order valence-corrected chi connectivity index (χ4v) is 4.66. The third-order valence-electron chi connectivity index (χ3n) is 5.18. The number of hydrogen-bond donors (Lipinski definition) is 2. The second kappa shape index (κ2) is 9.35. The van der Waals surface area contributed by atoms with Crippen LogP contribution in [0.1, 0.15) is 16.7 Å². The fourth-order valence-electron chi connectivity index (χ4n) is 3.47. The molecule has 3 rings (SSSR count). The maximum Gasteiger partial charge on any atom is 0.279 e. The minimum atomic E-state index is -3.45. The monoisotopic (exact) mass is 414 g/mol. The van der Waals surface area contributed by atoms with Gasteiger partial charge in [-0.1, -0.05) is 48.5 Å². The van der Waals surface area contributed by atoms with E-state index in [-0.39, 0.29) is 5.91 Å². The summed E-state index contributed by atoms with van der Waals surface area (Å²) in [5.74, 6) is -0.0438. The Kier molecular flexibility index (Phi) is 6.84. The molecule has 0 unspecified atom stereocenters. The average molecular weight is 415 g/mol. The molecule has 2 aromatic carbocycles. The maximum absolute atomic E-state index is 12.6. The first kappa shape index (κ1) is 21.2. The van der Waals surface area contributed by atoms with Gasteiger partial charge in [0.15, 0.2) is 6.54 Å². The Morgan fingerprint density at radius 3 is 2.28 bits per heavy atom. The smallest absolute Gasteiger partial charge is 0.279 e. The summed E-state index contributed by atoms with van der Waals surface area (Å²) in [6.45, 7) is 6.32. The normalized spacial score (nSPS) is 16.2. The van der Waals surface area contributed by atoms with E-state index < -0.39 is 10.0 Å². The van der Waals surface area contributed by atoms with Crippen molar-refractivity contribution in [2.45, 2.75) is 13.8 Å². The van der Waals surface area contributed by atoms with Crippen molar-refractivity contribution in [3.63, 3.8) is 0 Å². The van der Waals surface area contributed by atoms with Crippen LogP contribution in [0.5, 0.6) is 0 Å². The van der Waals surface area contributed by atoms with Gasteiger partial charge in [-0.15, -0.1) is 0 Å². The van der Waals surface area contributed by atoms with Crippen molar-refractivity contribution in [2.75, 3.05) is 38.0 Å². The van der Waals surface area contributed by atoms with Crippen molar-refractivity contribution in [1.82, 2.24) is 4.31 Å². The Bertz CT molecular complexity index is 959. The number of carbonyl (C=O) groups is 1. The highest BCUT2D eigenvalue weighted by atomic mass is 32.2. The van der Waals surface area contributed by atoms with Crippen LogP contribution >= 0.6 is 0 Å². The quantitative estimate of drug-likeness (QED) is 0.752. The minimum Gasteiger partial charge on any atom is -0.325 e. The number of rotatable bonds is 6. The molecular formula is C22H28N3O3S+. The van der Waals surface area contributed by atoms with Crippen LogP contribution in [0.3, 0.4) is 0 Å². The van der Waals surface area contributed by atoms with Gasteiger partial charge in [0.25, 0.3) is 5.91 Å². The number of sulfonamides is 1. The molecule has 6 nitrogen and oxygen atoms in total. The molecule has 0 bridgehead atoms. The second-order valence-electron chi connectivity index (χ2n) is 7.40. The molecule has 0 atom stereocenters. The Labute approximate surface area is 172 Å². The number of quaternary nitrogens is 1. The summed E-state index contributed by atoms with van der Waals surface area (Å²) in [6, 6.07) is 15.3. The van der Waals surface area contributed by atoms with Crippen LogP contribution in [-0.4, -0.2) is 51.4 Å². The molecule has 7 heteroatoms. The molecule has 154 valence electrons. The van der Waals surface area contributed by atoms with Gasteiger partial charge in [-0.25, -0.2) is 8.42 Å². The van der Waals surface area contributed by atoms with Crippen LogP contribution in [0.4, 0.5) is 5.69 Å². The van der Waals surface area contributed by atoms with Crippen molar-refractivity contribution in [2.24, 2.45) is 0 Å². The molecule has 2 aromatic rings. The molecule has 1 heterocycles. The molecule has 1 fully saturated rings. The summed E-state index contributed by atoms with van der Waals surface area (Å²) in [4.78, 5) is 13.5. The summed E-state index contributed by atoms with van der Waals surface area (Å²) >= 11 is 0. The number of carbonyl (C=O) groups excluding carboxylic acids is 1. The molecule has 1 aliphatic rings. The summed E-state index contributed by atoms with van der Waals surface area (Å²) < 4.78 is 26.6. The van der Waals surface area contributed by atoms with E-state index in [0.717, 1.165) is 27.3 Å². The molecular weight excluding hydrogens is 386 g/mol. The zero-order chi connectivity index (χ0) is 20.9. The largest absolute Gasteiger partial charge is 0.325 e. The summed E-state index contributed by atoms with van der Waals surface area (Å²) in [5.41, 5.74) is 3.79. The van der Waals surface area contributed by atoms with E-state index in [1.54, 1.807) is 6.08 Å². The van der Waals surface area contributed by atoms with Crippen molar-refractivity contribution in [3.05, 3.63) is 70.6 Å². The predicted octanol–water partition coefficient (Wildman–Crippen LogP) is 1.44. The highest BCUT2D eigenvalue weighted by Crippen LogP contribution is 2.18. The highest BCUT2D eigenvalue weighted by molar-refractivity contribution is 7.92. The lowest BCUT2D eigenvalue weighted by Gasteiger charge is -2.30. The number of nitrogens with one attached hydrogen (secondary N) is 2. The molecule has 1 saturated heterocycles. The lowest BCUT2D eigenvalue weighted by Crippen LogP contribution is -3.15. The first-order valence-electron chi connectivity index (χ1n) is 9.78. The lowest BCUT2D eigenvalue weighted by molar-refractivity contribution is -0.895. The Morgan fingerprint density at radius 2 is 1.66 bits per heavy atom. The molecule has 0 aliphatic carbocycles. The number of benzene rings is 2. The number of anilines is 1. The van der Waals surface area contributed by atoms with E-state index in [9.17, 15) is 13.2 Å². The number of hydrogen-bond acceptors (Lipinski definition) is 3. The summed E-state index contributed by atoms with van der Waals surface area (Å²) in [7, 11) is -3.45. The van der Waals surface area contributed by atoms with Crippen molar-refractivity contribution in [1.29, 1.82) is 0 Å². The van der Waals surface area contributed by atoms with E-state index in [4.69, 9.17) is 0 Å².